The standard InChI is InChI=1S/C15H22ClN5O2/c1-13(2)15(5,23-14(3,4)22-13)6-7-21-8-18-9-10(16)19-12(17)20-11(9)21/h8H,6-7H2,1-5H3,(H2,17,19,20). The zero-order chi connectivity index (χ0) is 17.0. The smallest absolute Gasteiger partial charge is 0.223 e. The van der Waals surface area contributed by atoms with Crippen molar-refractivity contribution < 1.29 is 9.47 Å². The number of nitrogens with zero attached hydrogens (tertiary/aromatic N) is 4. The molecule has 8 heteroatoms. The molecule has 2 N–H and O–H groups in total. The summed E-state index contributed by atoms with van der Waals surface area (Å²) in [6.45, 7) is 10.7. The number of imidazole rings is 1. The SMILES string of the molecule is CC1(C)OC(C)(C)C(C)(CCn2cnc3c(Cl)nc(N)nc32)O1. The number of anilines is 1. The van der Waals surface area contributed by atoms with Gasteiger partial charge in [0, 0.05) is 6.54 Å². The van der Waals surface area contributed by atoms with Gasteiger partial charge >= 0.3 is 0 Å². The van der Waals surface area contributed by atoms with E-state index in [0.717, 1.165) is 6.42 Å². The first-order valence-electron chi connectivity index (χ1n) is 7.57. The lowest BCUT2D eigenvalue weighted by atomic mass is 9.85. The van der Waals surface area contributed by atoms with Crippen LogP contribution in [-0.4, -0.2) is 36.5 Å². The highest BCUT2D eigenvalue weighted by Gasteiger charge is 2.55. The zero-order valence-electron chi connectivity index (χ0n) is 14.1. The number of halogens is 1. The van der Waals surface area contributed by atoms with Crippen LogP contribution in [0.15, 0.2) is 6.33 Å². The molecule has 0 amide bonds. The Hall–Kier alpha value is -1.44. The molecule has 0 aliphatic carbocycles. The normalized spacial score (nSPS) is 26.0. The van der Waals surface area contributed by atoms with Gasteiger partial charge in [0.25, 0.3) is 0 Å². The van der Waals surface area contributed by atoms with E-state index in [1.54, 1.807) is 6.33 Å². The van der Waals surface area contributed by atoms with Crippen molar-refractivity contribution in [2.75, 3.05) is 5.73 Å². The summed E-state index contributed by atoms with van der Waals surface area (Å²) in [5.74, 6) is -0.470. The molecule has 0 spiro atoms. The number of aryl methyl sites for hydroxylation is 1. The second-order valence-electron chi connectivity index (χ2n) is 7.08. The molecule has 2 aromatic rings. The molecule has 126 valence electrons. The minimum Gasteiger partial charge on any atom is -0.368 e. The monoisotopic (exact) mass is 339 g/mol. The number of nitrogens with two attached hydrogens (primary N) is 1. The van der Waals surface area contributed by atoms with Gasteiger partial charge in [0.1, 0.15) is 5.52 Å². The molecular formula is C15H22ClN5O2. The van der Waals surface area contributed by atoms with Gasteiger partial charge in [0.15, 0.2) is 16.6 Å². The predicted octanol–water partition coefficient (Wildman–Crippen LogP) is 2.77. The van der Waals surface area contributed by atoms with Crippen LogP contribution in [0.2, 0.25) is 5.15 Å². The molecule has 23 heavy (non-hydrogen) atoms. The summed E-state index contributed by atoms with van der Waals surface area (Å²) in [7, 11) is 0. The summed E-state index contributed by atoms with van der Waals surface area (Å²) >= 11 is 6.06. The first-order chi connectivity index (χ1) is 10.5. The Morgan fingerprint density at radius 1 is 1.17 bits per heavy atom. The van der Waals surface area contributed by atoms with Gasteiger partial charge in [-0.15, -0.1) is 0 Å². The molecule has 0 aromatic carbocycles. The summed E-state index contributed by atoms with van der Waals surface area (Å²) in [5.41, 5.74) is 6.02. The fraction of sp³-hybridized carbons (Fsp3) is 0.667. The van der Waals surface area contributed by atoms with Gasteiger partial charge in [-0.05, 0) is 41.0 Å². The first kappa shape index (κ1) is 16.4. The van der Waals surface area contributed by atoms with E-state index in [4.69, 9.17) is 26.8 Å². The van der Waals surface area contributed by atoms with Gasteiger partial charge in [0.05, 0.1) is 17.5 Å². The maximum absolute atomic E-state index is 6.17. The van der Waals surface area contributed by atoms with Crippen LogP contribution in [0.5, 0.6) is 0 Å². The van der Waals surface area contributed by atoms with Gasteiger partial charge < -0.3 is 19.8 Å². The third-order valence-electron chi connectivity index (χ3n) is 4.51. The number of ether oxygens (including phenoxy) is 2. The maximum Gasteiger partial charge on any atom is 0.223 e. The number of rotatable bonds is 3. The topological polar surface area (TPSA) is 88.1 Å². The van der Waals surface area contributed by atoms with Crippen LogP contribution < -0.4 is 5.73 Å². The largest absolute Gasteiger partial charge is 0.368 e. The number of nitrogen functional groups attached to an aromatic ring is 1. The van der Waals surface area contributed by atoms with E-state index in [-0.39, 0.29) is 11.1 Å². The summed E-state index contributed by atoms with van der Waals surface area (Å²) < 4.78 is 14.1. The maximum atomic E-state index is 6.17. The highest BCUT2D eigenvalue weighted by molar-refractivity contribution is 6.33. The lowest BCUT2D eigenvalue weighted by Gasteiger charge is -2.34. The lowest BCUT2D eigenvalue weighted by molar-refractivity contribution is -0.166. The van der Waals surface area contributed by atoms with E-state index in [2.05, 4.69) is 21.9 Å². The molecule has 3 heterocycles. The van der Waals surface area contributed by atoms with Crippen LogP contribution in [0.3, 0.4) is 0 Å². The summed E-state index contributed by atoms with van der Waals surface area (Å²) in [6, 6.07) is 0. The molecule has 2 aromatic heterocycles. The Morgan fingerprint density at radius 2 is 1.87 bits per heavy atom. The molecule has 3 rings (SSSR count). The molecule has 7 nitrogen and oxygen atoms in total. The van der Waals surface area contributed by atoms with E-state index in [1.165, 1.54) is 0 Å². The molecular weight excluding hydrogens is 318 g/mol. The third kappa shape index (κ3) is 2.77. The average molecular weight is 340 g/mol. The van der Waals surface area contributed by atoms with Crippen LogP contribution in [0.1, 0.15) is 41.0 Å². The first-order valence-corrected chi connectivity index (χ1v) is 7.95. The Bertz CT molecular complexity index is 758. The Balaban J connectivity index is 1.87. The number of fused-ring (bicyclic) bond motifs is 1. The third-order valence-corrected chi connectivity index (χ3v) is 4.78. The van der Waals surface area contributed by atoms with Gasteiger partial charge in [-0.2, -0.15) is 9.97 Å². The Morgan fingerprint density at radius 3 is 2.48 bits per heavy atom. The van der Waals surface area contributed by atoms with Gasteiger partial charge in [-0.25, -0.2) is 4.98 Å². The summed E-state index contributed by atoms with van der Waals surface area (Å²) in [6.07, 6.45) is 2.43. The molecule has 1 aliphatic rings. The quantitative estimate of drug-likeness (QED) is 0.865. The van der Waals surface area contributed by atoms with E-state index in [0.29, 0.717) is 17.7 Å². The number of hydrogen-bond acceptors (Lipinski definition) is 6. The van der Waals surface area contributed by atoms with E-state index in [1.807, 2.05) is 32.3 Å². The van der Waals surface area contributed by atoms with Crippen molar-refractivity contribution in [1.82, 2.24) is 19.5 Å². The van der Waals surface area contributed by atoms with E-state index in [9.17, 15) is 0 Å². The van der Waals surface area contributed by atoms with Crippen molar-refractivity contribution in [1.29, 1.82) is 0 Å². The van der Waals surface area contributed by atoms with Crippen molar-refractivity contribution in [2.45, 2.75) is 64.6 Å². The van der Waals surface area contributed by atoms with Crippen LogP contribution in [-0.2, 0) is 16.0 Å². The molecule has 1 aliphatic heterocycles. The second kappa shape index (κ2) is 5.03. The van der Waals surface area contributed by atoms with Gasteiger partial charge in [-0.3, -0.25) is 0 Å². The highest BCUT2D eigenvalue weighted by atomic mass is 35.5. The molecule has 1 atom stereocenters. The van der Waals surface area contributed by atoms with Crippen LogP contribution in [0.25, 0.3) is 11.2 Å². The van der Waals surface area contributed by atoms with Crippen molar-refractivity contribution in [2.24, 2.45) is 0 Å². The zero-order valence-corrected chi connectivity index (χ0v) is 14.8. The minimum absolute atomic E-state index is 0.136. The van der Waals surface area contributed by atoms with Crippen LogP contribution in [0.4, 0.5) is 5.95 Å². The van der Waals surface area contributed by atoms with Gasteiger partial charge in [0.2, 0.25) is 5.95 Å². The minimum atomic E-state index is -0.606. The Kier molecular flexibility index (Phi) is 3.59. The summed E-state index contributed by atoms with van der Waals surface area (Å²) in [4.78, 5) is 12.4. The number of aromatic nitrogens is 4. The highest BCUT2D eigenvalue weighted by Crippen LogP contribution is 2.45. The molecule has 1 fully saturated rings. The van der Waals surface area contributed by atoms with E-state index < -0.39 is 17.0 Å². The van der Waals surface area contributed by atoms with Crippen LogP contribution in [0, 0.1) is 0 Å². The second-order valence-corrected chi connectivity index (χ2v) is 7.44. The van der Waals surface area contributed by atoms with E-state index >= 15 is 0 Å². The fourth-order valence-corrected chi connectivity index (χ4v) is 3.40. The summed E-state index contributed by atoms with van der Waals surface area (Å²) in [5, 5.41) is 0.263. The molecule has 0 saturated carbocycles. The van der Waals surface area contributed by atoms with Crippen molar-refractivity contribution in [3.05, 3.63) is 11.5 Å². The molecule has 0 bridgehead atoms. The molecule has 0 radical (unpaired) electrons. The fourth-order valence-electron chi connectivity index (χ4n) is 3.18. The van der Waals surface area contributed by atoms with Crippen LogP contribution >= 0.6 is 11.6 Å². The lowest BCUT2D eigenvalue weighted by Crippen LogP contribution is -2.45. The molecule has 1 saturated heterocycles. The van der Waals surface area contributed by atoms with Crippen molar-refractivity contribution >= 4 is 28.7 Å². The molecule has 1 unspecified atom stereocenters. The predicted molar refractivity (Wildman–Crippen MR) is 88.1 cm³/mol. The average Bonchev–Trinajstić information content (AvgIpc) is 2.83. The number of hydrogen-bond donors (Lipinski definition) is 1. The Labute approximate surface area is 140 Å². The van der Waals surface area contributed by atoms with Crippen molar-refractivity contribution in [3.63, 3.8) is 0 Å². The van der Waals surface area contributed by atoms with Gasteiger partial charge in [-0.1, -0.05) is 11.6 Å². The van der Waals surface area contributed by atoms with Crippen molar-refractivity contribution in [3.8, 4) is 0 Å².